The molecule has 1 aromatic heterocycles. The minimum absolute atomic E-state index is 0.104. The zero-order valence-electron chi connectivity index (χ0n) is 8.93. The number of aromatic nitrogens is 1. The second-order valence-electron chi connectivity index (χ2n) is 3.56. The third-order valence-corrected chi connectivity index (χ3v) is 2.60. The average Bonchev–Trinajstić information content (AvgIpc) is 2.31. The van der Waals surface area contributed by atoms with Gasteiger partial charge in [0.1, 0.15) is 11.3 Å². The van der Waals surface area contributed by atoms with E-state index in [4.69, 9.17) is 11.6 Å². The summed E-state index contributed by atoms with van der Waals surface area (Å²) in [6.07, 6.45) is 0.998. The number of hydrogen-bond acceptors (Lipinski definition) is 2. The molecule has 0 unspecified atom stereocenters. The van der Waals surface area contributed by atoms with Gasteiger partial charge in [-0.15, -0.1) is 0 Å². The van der Waals surface area contributed by atoms with Crippen molar-refractivity contribution in [3.05, 3.63) is 35.1 Å². The van der Waals surface area contributed by atoms with Crippen LogP contribution < -0.4 is 5.32 Å². The van der Waals surface area contributed by atoms with Gasteiger partial charge in [-0.05, 0) is 24.6 Å². The number of anilines is 1. The zero-order chi connectivity index (χ0) is 11.5. The molecule has 16 heavy (non-hydrogen) atoms. The Morgan fingerprint density at radius 1 is 1.31 bits per heavy atom. The molecule has 0 aliphatic rings. The largest absolute Gasteiger partial charge is 0.370 e. The van der Waals surface area contributed by atoms with Crippen molar-refractivity contribution in [3.63, 3.8) is 0 Å². The lowest BCUT2D eigenvalue weighted by atomic mass is 10.2. The van der Waals surface area contributed by atoms with Gasteiger partial charge in [0.05, 0.1) is 5.02 Å². The summed E-state index contributed by atoms with van der Waals surface area (Å²) in [6.45, 7) is 2.88. The monoisotopic (exact) mass is 238 g/mol. The first-order valence-corrected chi connectivity index (χ1v) is 5.59. The van der Waals surface area contributed by atoms with Crippen LogP contribution in [0.15, 0.2) is 24.3 Å². The molecule has 2 rings (SSSR count). The van der Waals surface area contributed by atoms with Crippen LogP contribution in [0.3, 0.4) is 0 Å². The van der Waals surface area contributed by atoms with E-state index in [9.17, 15) is 4.39 Å². The van der Waals surface area contributed by atoms with E-state index in [1.807, 2.05) is 12.1 Å². The molecular weight excluding hydrogens is 227 g/mol. The van der Waals surface area contributed by atoms with Crippen molar-refractivity contribution in [2.24, 2.45) is 0 Å². The quantitative estimate of drug-likeness (QED) is 0.879. The van der Waals surface area contributed by atoms with Crippen LogP contribution in [0.2, 0.25) is 5.02 Å². The highest BCUT2D eigenvalue weighted by Gasteiger charge is 2.07. The third kappa shape index (κ3) is 2.09. The van der Waals surface area contributed by atoms with Gasteiger partial charge >= 0.3 is 0 Å². The van der Waals surface area contributed by atoms with Crippen molar-refractivity contribution < 1.29 is 4.39 Å². The molecular formula is C12H12ClFN2. The third-order valence-electron chi connectivity index (χ3n) is 2.31. The van der Waals surface area contributed by atoms with Crippen LogP contribution in [0.25, 0.3) is 10.9 Å². The molecule has 4 heteroatoms. The molecule has 1 heterocycles. The lowest BCUT2D eigenvalue weighted by molar-refractivity contribution is 0.637. The molecule has 0 saturated heterocycles. The lowest BCUT2D eigenvalue weighted by Crippen LogP contribution is -2.02. The molecule has 0 aliphatic heterocycles. The standard InChI is InChI=1S/C12H12ClFN2/c1-2-7-15-10-6-4-8-3-5-9(13)11(14)12(8)16-10/h3-6H,2,7H2,1H3,(H,15,16). The number of benzene rings is 1. The molecule has 0 bridgehead atoms. The van der Waals surface area contributed by atoms with Crippen LogP contribution in [0.1, 0.15) is 13.3 Å². The topological polar surface area (TPSA) is 24.9 Å². The molecule has 1 N–H and O–H groups in total. The van der Waals surface area contributed by atoms with E-state index in [0.29, 0.717) is 11.3 Å². The zero-order valence-corrected chi connectivity index (χ0v) is 9.68. The van der Waals surface area contributed by atoms with Crippen LogP contribution >= 0.6 is 11.6 Å². The number of fused-ring (bicyclic) bond motifs is 1. The molecule has 0 saturated carbocycles. The first-order chi connectivity index (χ1) is 7.72. The predicted octanol–water partition coefficient (Wildman–Crippen LogP) is 3.85. The van der Waals surface area contributed by atoms with Gasteiger partial charge in [0.25, 0.3) is 0 Å². The highest BCUT2D eigenvalue weighted by Crippen LogP contribution is 2.24. The fraction of sp³-hybridized carbons (Fsp3) is 0.250. The van der Waals surface area contributed by atoms with E-state index >= 15 is 0 Å². The first kappa shape index (κ1) is 11.1. The van der Waals surface area contributed by atoms with Gasteiger partial charge in [-0.2, -0.15) is 0 Å². The predicted molar refractivity (Wildman–Crippen MR) is 65.5 cm³/mol. The molecule has 0 amide bonds. The smallest absolute Gasteiger partial charge is 0.168 e. The minimum Gasteiger partial charge on any atom is -0.370 e. The Morgan fingerprint density at radius 3 is 2.81 bits per heavy atom. The number of nitrogens with one attached hydrogen (secondary N) is 1. The van der Waals surface area contributed by atoms with Gasteiger partial charge in [0.2, 0.25) is 0 Å². The lowest BCUT2D eigenvalue weighted by Gasteiger charge is -2.06. The van der Waals surface area contributed by atoms with Crippen LogP contribution in [0, 0.1) is 5.82 Å². The molecule has 2 aromatic rings. The minimum atomic E-state index is -0.459. The van der Waals surface area contributed by atoms with Crippen LogP contribution in [-0.4, -0.2) is 11.5 Å². The Morgan fingerprint density at radius 2 is 2.06 bits per heavy atom. The summed E-state index contributed by atoms with van der Waals surface area (Å²) in [4.78, 5) is 4.20. The maximum atomic E-state index is 13.7. The van der Waals surface area contributed by atoms with Crippen LogP contribution in [-0.2, 0) is 0 Å². The molecule has 1 aromatic carbocycles. The van der Waals surface area contributed by atoms with E-state index in [2.05, 4.69) is 17.2 Å². The first-order valence-electron chi connectivity index (χ1n) is 5.21. The van der Waals surface area contributed by atoms with E-state index in [1.165, 1.54) is 0 Å². The summed E-state index contributed by atoms with van der Waals surface area (Å²) in [5.41, 5.74) is 0.314. The van der Waals surface area contributed by atoms with Gasteiger partial charge in [0, 0.05) is 11.9 Å². The van der Waals surface area contributed by atoms with Gasteiger partial charge < -0.3 is 5.32 Å². The normalized spacial score (nSPS) is 10.7. The Bertz CT molecular complexity index is 514. The number of pyridine rings is 1. The molecule has 84 valence electrons. The Balaban J connectivity index is 2.47. The van der Waals surface area contributed by atoms with E-state index in [-0.39, 0.29) is 5.02 Å². The molecule has 0 atom stereocenters. The van der Waals surface area contributed by atoms with Gasteiger partial charge in [-0.1, -0.05) is 24.6 Å². The van der Waals surface area contributed by atoms with E-state index in [0.717, 1.165) is 18.4 Å². The van der Waals surface area contributed by atoms with Crippen molar-refractivity contribution in [2.45, 2.75) is 13.3 Å². The highest BCUT2D eigenvalue weighted by atomic mass is 35.5. The number of nitrogens with zero attached hydrogens (tertiary/aromatic N) is 1. The van der Waals surface area contributed by atoms with Crippen molar-refractivity contribution in [3.8, 4) is 0 Å². The van der Waals surface area contributed by atoms with Gasteiger partial charge in [0.15, 0.2) is 5.82 Å². The molecule has 0 fully saturated rings. The second kappa shape index (κ2) is 4.66. The summed E-state index contributed by atoms with van der Waals surface area (Å²) in [6, 6.07) is 6.97. The average molecular weight is 239 g/mol. The van der Waals surface area contributed by atoms with Gasteiger partial charge in [-0.25, -0.2) is 9.37 Å². The summed E-state index contributed by atoms with van der Waals surface area (Å²) < 4.78 is 13.7. The van der Waals surface area contributed by atoms with Crippen molar-refractivity contribution in [1.82, 2.24) is 4.98 Å². The summed E-state index contributed by atoms with van der Waals surface area (Å²) in [5, 5.41) is 3.97. The SMILES string of the molecule is CCCNc1ccc2ccc(Cl)c(F)c2n1. The fourth-order valence-electron chi connectivity index (χ4n) is 1.48. The second-order valence-corrected chi connectivity index (χ2v) is 3.96. The fourth-order valence-corrected chi connectivity index (χ4v) is 1.63. The molecule has 0 spiro atoms. The van der Waals surface area contributed by atoms with Crippen LogP contribution in [0.4, 0.5) is 10.2 Å². The maximum absolute atomic E-state index is 13.7. The highest BCUT2D eigenvalue weighted by molar-refractivity contribution is 6.31. The molecule has 2 nitrogen and oxygen atoms in total. The van der Waals surface area contributed by atoms with Crippen LogP contribution in [0.5, 0.6) is 0 Å². The molecule has 0 aliphatic carbocycles. The van der Waals surface area contributed by atoms with Gasteiger partial charge in [-0.3, -0.25) is 0 Å². The van der Waals surface area contributed by atoms with Crippen molar-refractivity contribution >= 4 is 28.3 Å². The van der Waals surface area contributed by atoms with E-state index in [1.54, 1.807) is 12.1 Å². The number of rotatable bonds is 3. The number of hydrogen-bond donors (Lipinski definition) is 1. The Kier molecular flexibility index (Phi) is 3.25. The van der Waals surface area contributed by atoms with Crippen molar-refractivity contribution in [2.75, 3.05) is 11.9 Å². The number of halogens is 2. The Hall–Kier alpha value is -1.35. The summed E-state index contributed by atoms with van der Waals surface area (Å²) in [7, 11) is 0. The maximum Gasteiger partial charge on any atom is 0.168 e. The molecule has 0 radical (unpaired) electrons. The Labute approximate surface area is 98.4 Å². The summed E-state index contributed by atoms with van der Waals surface area (Å²) >= 11 is 5.71. The summed E-state index contributed by atoms with van der Waals surface area (Å²) in [5.74, 6) is 0.217. The van der Waals surface area contributed by atoms with E-state index < -0.39 is 5.82 Å². The van der Waals surface area contributed by atoms with Crippen molar-refractivity contribution in [1.29, 1.82) is 0 Å².